The first-order valence-corrected chi connectivity index (χ1v) is 7.31. The Kier molecular flexibility index (Phi) is 4.72. The van der Waals surface area contributed by atoms with Gasteiger partial charge in [0.25, 0.3) is 0 Å². The van der Waals surface area contributed by atoms with Crippen molar-refractivity contribution < 1.29 is 14.3 Å². The monoisotopic (exact) mass is 269 g/mol. The minimum atomic E-state index is -1.01. The molecule has 2 rings (SSSR count). The van der Waals surface area contributed by atoms with Crippen LogP contribution in [0.5, 0.6) is 0 Å². The third kappa shape index (κ3) is 3.53. The van der Waals surface area contributed by atoms with Crippen LogP contribution in [0.25, 0.3) is 0 Å². The van der Waals surface area contributed by atoms with E-state index in [4.69, 9.17) is 9.52 Å². The molecule has 0 aromatic carbocycles. The first-order chi connectivity index (χ1) is 8.66. The van der Waals surface area contributed by atoms with Crippen LogP contribution in [0.2, 0.25) is 0 Å². The topological polar surface area (TPSA) is 53.7 Å². The number of hydrogen-bond acceptors (Lipinski definition) is 4. The maximum absolute atomic E-state index is 10.7. The number of nitrogens with zero attached hydrogens (tertiary/aromatic N) is 1. The third-order valence-electron chi connectivity index (χ3n) is 3.41. The predicted molar refractivity (Wildman–Crippen MR) is 71.3 cm³/mol. The number of hydrogen-bond donors (Lipinski definition) is 1. The lowest BCUT2D eigenvalue weighted by Gasteiger charge is -2.32. The Balaban J connectivity index is 1.75. The van der Waals surface area contributed by atoms with Gasteiger partial charge in [0.05, 0.1) is 0 Å². The molecule has 1 aliphatic heterocycles. The van der Waals surface area contributed by atoms with E-state index in [2.05, 4.69) is 11.9 Å². The summed E-state index contributed by atoms with van der Waals surface area (Å²) in [5.41, 5.74) is 0. The van der Waals surface area contributed by atoms with Crippen LogP contribution in [-0.4, -0.2) is 41.4 Å². The fourth-order valence-corrected chi connectivity index (χ4v) is 3.22. The Morgan fingerprint density at radius 2 is 2.39 bits per heavy atom. The van der Waals surface area contributed by atoms with Gasteiger partial charge in [-0.15, -0.1) is 0 Å². The van der Waals surface area contributed by atoms with Crippen LogP contribution in [0.15, 0.2) is 21.6 Å². The molecule has 2 heterocycles. The molecule has 1 aliphatic rings. The maximum Gasteiger partial charge on any atom is 0.371 e. The van der Waals surface area contributed by atoms with Crippen molar-refractivity contribution in [2.45, 2.75) is 36.8 Å². The van der Waals surface area contributed by atoms with E-state index in [1.807, 2.05) is 0 Å². The highest BCUT2D eigenvalue weighted by Gasteiger charge is 2.18. The van der Waals surface area contributed by atoms with Gasteiger partial charge in [-0.2, -0.15) is 0 Å². The smallest absolute Gasteiger partial charge is 0.371 e. The molecule has 0 bridgehead atoms. The summed E-state index contributed by atoms with van der Waals surface area (Å²) < 4.78 is 5.21. The van der Waals surface area contributed by atoms with E-state index < -0.39 is 5.97 Å². The molecule has 18 heavy (non-hydrogen) atoms. The predicted octanol–water partition coefficient (Wildman–Crippen LogP) is 2.94. The van der Waals surface area contributed by atoms with E-state index in [-0.39, 0.29) is 5.76 Å². The SMILES string of the molecule is CN1CCCCC1CCSc1ccc(C(=O)O)o1. The molecule has 0 amide bonds. The first kappa shape index (κ1) is 13.5. The highest BCUT2D eigenvalue weighted by Crippen LogP contribution is 2.25. The summed E-state index contributed by atoms with van der Waals surface area (Å²) in [4.78, 5) is 13.1. The number of rotatable bonds is 5. The lowest BCUT2D eigenvalue weighted by atomic mass is 10.0. The van der Waals surface area contributed by atoms with Crippen LogP contribution in [-0.2, 0) is 0 Å². The molecule has 1 atom stereocenters. The summed E-state index contributed by atoms with van der Waals surface area (Å²) in [5, 5.41) is 9.45. The molecule has 1 aromatic heterocycles. The van der Waals surface area contributed by atoms with Crippen LogP contribution < -0.4 is 0 Å². The Labute approximate surface area is 111 Å². The van der Waals surface area contributed by atoms with Crippen LogP contribution in [0, 0.1) is 0 Å². The second-order valence-corrected chi connectivity index (χ2v) is 5.79. The van der Waals surface area contributed by atoms with Gasteiger partial charge in [0.2, 0.25) is 5.76 Å². The summed E-state index contributed by atoms with van der Waals surface area (Å²) in [6, 6.07) is 3.91. The van der Waals surface area contributed by atoms with Crippen molar-refractivity contribution in [3.05, 3.63) is 17.9 Å². The molecular formula is C13H19NO3S. The highest BCUT2D eigenvalue weighted by molar-refractivity contribution is 7.99. The number of likely N-dealkylation sites (tertiary alicyclic amines) is 1. The minimum absolute atomic E-state index is 0.0206. The minimum Gasteiger partial charge on any atom is -0.475 e. The van der Waals surface area contributed by atoms with E-state index in [0.717, 1.165) is 12.2 Å². The zero-order chi connectivity index (χ0) is 13.0. The Morgan fingerprint density at radius 3 is 3.06 bits per heavy atom. The molecule has 0 radical (unpaired) electrons. The van der Waals surface area contributed by atoms with E-state index >= 15 is 0 Å². The fraction of sp³-hybridized carbons (Fsp3) is 0.615. The van der Waals surface area contributed by atoms with Crippen molar-refractivity contribution in [1.82, 2.24) is 4.90 Å². The summed E-state index contributed by atoms with van der Waals surface area (Å²) in [7, 11) is 2.18. The lowest BCUT2D eigenvalue weighted by molar-refractivity contribution is 0.0656. The summed E-state index contributed by atoms with van der Waals surface area (Å²) in [6.07, 6.45) is 5.03. The zero-order valence-electron chi connectivity index (χ0n) is 10.6. The molecule has 1 aromatic rings. The normalized spacial score (nSPS) is 21.1. The fourth-order valence-electron chi connectivity index (χ4n) is 2.32. The number of furan rings is 1. The van der Waals surface area contributed by atoms with Crippen molar-refractivity contribution in [2.75, 3.05) is 19.3 Å². The average Bonchev–Trinajstić information content (AvgIpc) is 2.80. The van der Waals surface area contributed by atoms with Gasteiger partial charge in [-0.1, -0.05) is 18.2 Å². The van der Waals surface area contributed by atoms with Gasteiger partial charge < -0.3 is 14.4 Å². The van der Waals surface area contributed by atoms with E-state index in [1.54, 1.807) is 17.8 Å². The van der Waals surface area contributed by atoms with Crippen LogP contribution in [0.4, 0.5) is 0 Å². The van der Waals surface area contributed by atoms with Gasteiger partial charge in [0.1, 0.15) is 0 Å². The first-order valence-electron chi connectivity index (χ1n) is 6.33. The molecule has 0 saturated carbocycles. The Bertz CT molecular complexity index is 405. The van der Waals surface area contributed by atoms with Gasteiger partial charge in [-0.25, -0.2) is 4.79 Å². The lowest BCUT2D eigenvalue weighted by Crippen LogP contribution is -2.36. The third-order valence-corrected chi connectivity index (χ3v) is 4.35. The Morgan fingerprint density at radius 1 is 1.56 bits per heavy atom. The molecule has 5 heteroatoms. The molecule has 100 valence electrons. The van der Waals surface area contributed by atoms with Gasteiger partial charge >= 0.3 is 5.97 Å². The number of carboxylic acids is 1. The quantitative estimate of drug-likeness (QED) is 0.833. The van der Waals surface area contributed by atoms with Crippen LogP contribution in [0.3, 0.4) is 0 Å². The average molecular weight is 269 g/mol. The molecule has 1 fully saturated rings. The molecular weight excluding hydrogens is 250 g/mol. The number of aromatic carboxylic acids is 1. The van der Waals surface area contributed by atoms with E-state index in [1.165, 1.54) is 31.9 Å². The number of piperidine rings is 1. The van der Waals surface area contributed by atoms with Gasteiger partial charge in [-0.3, -0.25) is 0 Å². The van der Waals surface area contributed by atoms with Crippen LogP contribution in [0.1, 0.15) is 36.2 Å². The zero-order valence-corrected chi connectivity index (χ0v) is 11.4. The van der Waals surface area contributed by atoms with E-state index in [0.29, 0.717) is 11.1 Å². The largest absolute Gasteiger partial charge is 0.475 e. The van der Waals surface area contributed by atoms with Crippen LogP contribution >= 0.6 is 11.8 Å². The van der Waals surface area contributed by atoms with Crippen molar-refractivity contribution in [1.29, 1.82) is 0 Å². The molecule has 1 saturated heterocycles. The standard InChI is InChI=1S/C13H19NO3S/c1-14-8-3-2-4-10(14)7-9-18-12-6-5-11(17-12)13(15)16/h5-6,10H,2-4,7-9H2,1H3,(H,15,16). The Hall–Kier alpha value is -0.940. The van der Waals surface area contributed by atoms with Gasteiger partial charge in [0, 0.05) is 11.8 Å². The van der Waals surface area contributed by atoms with E-state index in [9.17, 15) is 4.79 Å². The molecule has 0 aliphatic carbocycles. The molecule has 4 nitrogen and oxygen atoms in total. The number of thioether (sulfide) groups is 1. The molecule has 0 spiro atoms. The second kappa shape index (κ2) is 6.29. The second-order valence-electron chi connectivity index (χ2n) is 4.69. The van der Waals surface area contributed by atoms with Gasteiger partial charge in [-0.05, 0) is 45.0 Å². The summed E-state index contributed by atoms with van der Waals surface area (Å²) in [6.45, 7) is 1.19. The van der Waals surface area contributed by atoms with Gasteiger partial charge in [0.15, 0.2) is 5.09 Å². The van der Waals surface area contributed by atoms with Crippen molar-refractivity contribution >= 4 is 17.7 Å². The molecule has 1 N–H and O–H groups in total. The number of carboxylic acid groups (broad SMARTS) is 1. The molecule has 1 unspecified atom stereocenters. The summed E-state index contributed by atoms with van der Waals surface area (Å²) in [5.74, 6) is -0.0113. The maximum atomic E-state index is 10.7. The van der Waals surface area contributed by atoms with Crippen molar-refractivity contribution in [3.8, 4) is 0 Å². The highest BCUT2D eigenvalue weighted by atomic mass is 32.2. The van der Waals surface area contributed by atoms with Crippen molar-refractivity contribution in [3.63, 3.8) is 0 Å². The van der Waals surface area contributed by atoms with Crippen molar-refractivity contribution in [2.24, 2.45) is 0 Å². The number of carbonyl (C=O) groups is 1. The summed E-state index contributed by atoms with van der Waals surface area (Å²) >= 11 is 1.60.